The molecule has 4 rings (SSSR count). The van der Waals surface area contributed by atoms with Gasteiger partial charge in [-0.15, -0.1) is 6.58 Å². The normalized spacial score (nSPS) is 10.9. The fourth-order valence-corrected chi connectivity index (χ4v) is 4.48. The minimum absolute atomic E-state index is 0.162. The molecule has 0 fully saturated rings. The van der Waals surface area contributed by atoms with Crippen LogP contribution in [0.25, 0.3) is 11.0 Å². The Hall–Kier alpha value is -3.70. The smallest absolute Gasteiger partial charge is 0.235 e. The van der Waals surface area contributed by atoms with Crippen molar-refractivity contribution in [2.75, 3.05) is 11.1 Å². The van der Waals surface area contributed by atoms with E-state index in [0.717, 1.165) is 33.2 Å². The molecule has 1 aromatic carbocycles. The van der Waals surface area contributed by atoms with Crippen LogP contribution < -0.4 is 5.32 Å². The molecule has 0 saturated heterocycles. The largest absolute Gasteiger partial charge is 0.467 e. The molecule has 0 spiro atoms. The quantitative estimate of drug-likeness (QED) is 0.308. The topological polar surface area (TPSA) is 88.8 Å². The van der Waals surface area contributed by atoms with Crippen molar-refractivity contribution in [3.05, 3.63) is 77.9 Å². The summed E-state index contributed by atoms with van der Waals surface area (Å²) < 4.78 is 9.41. The average molecular weight is 446 g/mol. The summed E-state index contributed by atoms with van der Waals surface area (Å²) in [7, 11) is 0. The molecule has 0 bridgehead atoms. The molecule has 32 heavy (non-hydrogen) atoms. The van der Waals surface area contributed by atoms with E-state index >= 15 is 0 Å². The molecule has 8 heteroatoms. The predicted molar refractivity (Wildman–Crippen MR) is 126 cm³/mol. The summed E-state index contributed by atoms with van der Waals surface area (Å²) in [5, 5.41) is 13.4. The number of hydrogen-bond acceptors (Lipinski definition) is 5. The number of aromatic nitrogens is 3. The van der Waals surface area contributed by atoms with Gasteiger partial charge in [0, 0.05) is 12.2 Å². The SMILES string of the molecule is C=CCn1c(SCC(=O)Nc2c(C#N)c(C)c(C)n2Cc2ccco2)nc2ccccc21. The summed E-state index contributed by atoms with van der Waals surface area (Å²) in [6.45, 7) is 8.68. The van der Waals surface area contributed by atoms with Crippen molar-refractivity contribution in [3.8, 4) is 6.07 Å². The molecule has 0 unspecified atom stereocenters. The minimum atomic E-state index is -0.207. The number of hydrogen-bond donors (Lipinski definition) is 1. The van der Waals surface area contributed by atoms with E-state index in [1.807, 2.05) is 65.5 Å². The van der Waals surface area contributed by atoms with Crippen molar-refractivity contribution in [3.63, 3.8) is 0 Å². The third-order valence-electron chi connectivity index (χ3n) is 5.36. The summed E-state index contributed by atoms with van der Waals surface area (Å²) in [6.07, 6.45) is 3.42. The number of imidazole rings is 1. The average Bonchev–Trinajstić information content (AvgIpc) is 3.48. The molecule has 7 nitrogen and oxygen atoms in total. The standard InChI is InChI=1S/C24H23N5O2S/c1-4-11-28-21-10-6-5-9-20(21)26-24(28)32-15-22(30)27-23-19(13-25)16(2)17(3)29(23)14-18-8-7-12-31-18/h4-10,12H,1,11,14-15H2,2-3H3,(H,27,30). The highest BCUT2D eigenvalue weighted by atomic mass is 32.2. The van der Waals surface area contributed by atoms with Crippen molar-refractivity contribution in [2.24, 2.45) is 0 Å². The predicted octanol–water partition coefficient (Wildman–Crippen LogP) is 4.88. The number of fused-ring (bicyclic) bond motifs is 1. The van der Waals surface area contributed by atoms with Crippen LogP contribution >= 0.6 is 11.8 Å². The first-order valence-electron chi connectivity index (χ1n) is 10.1. The van der Waals surface area contributed by atoms with Crippen LogP contribution in [-0.2, 0) is 17.9 Å². The number of benzene rings is 1. The van der Waals surface area contributed by atoms with Crippen LogP contribution in [0.15, 0.2) is 64.9 Å². The lowest BCUT2D eigenvalue weighted by Gasteiger charge is -2.12. The lowest BCUT2D eigenvalue weighted by molar-refractivity contribution is -0.113. The number of carbonyl (C=O) groups is 1. The van der Waals surface area contributed by atoms with Crippen LogP contribution in [0.5, 0.6) is 0 Å². The first-order valence-corrected chi connectivity index (χ1v) is 11.1. The van der Waals surface area contributed by atoms with E-state index in [1.54, 1.807) is 6.26 Å². The van der Waals surface area contributed by atoms with Gasteiger partial charge in [0.15, 0.2) is 5.16 Å². The minimum Gasteiger partial charge on any atom is -0.467 e. The van der Waals surface area contributed by atoms with Gasteiger partial charge in [-0.2, -0.15) is 5.26 Å². The molecule has 0 aliphatic heterocycles. The van der Waals surface area contributed by atoms with E-state index in [1.165, 1.54) is 11.8 Å². The Morgan fingerprint density at radius 2 is 2.09 bits per heavy atom. The Balaban J connectivity index is 1.56. The molecular weight excluding hydrogens is 422 g/mol. The first kappa shape index (κ1) is 21.5. The second-order valence-corrected chi connectivity index (χ2v) is 8.27. The number of nitrogens with zero attached hydrogens (tertiary/aromatic N) is 4. The van der Waals surface area contributed by atoms with E-state index in [2.05, 4.69) is 22.9 Å². The lowest BCUT2D eigenvalue weighted by Crippen LogP contribution is -2.19. The fourth-order valence-electron chi connectivity index (χ4n) is 3.65. The molecule has 3 aromatic heterocycles. The summed E-state index contributed by atoms with van der Waals surface area (Å²) in [5.74, 6) is 1.19. The molecule has 1 N–H and O–H groups in total. The fraction of sp³-hybridized carbons (Fsp3) is 0.208. The number of amides is 1. The Bertz CT molecular complexity index is 1320. The number of thioether (sulfide) groups is 1. The summed E-state index contributed by atoms with van der Waals surface area (Å²) in [4.78, 5) is 17.5. The van der Waals surface area contributed by atoms with Gasteiger partial charge in [0.2, 0.25) is 5.91 Å². The van der Waals surface area contributed by atoms with Gasteiger partial charge in [0.05, 0.1) is 35.2 Å². The van der Waals surface area contributed by atoms with E-state index in [4.69, 9.17) is 4.42 Å². The molecular formula is C24H23N5O2S. The van der Waals surface area contributed by atoms with E-state index < -0.39 is 0 Å². The summed E-state index contributed by atoms with van der Waals surface area (Å²) >= 11 is 1.36. The number of nitrogens with one attached hydrogen (secondary N) is 1. The van der Waals surface area contributed by atoms with E-state index in [0.29, 0.717) is 24.5 Å². The van der Waals surface area contributed by atoms with Gasteiger partial charge in [-0.1, -0.05) is 30.0 Å². The number of anilines is 1. The van der Waals surface area contributed by atoms with Crippen LogP contribution in [0.4, 0.5) is 5.82 Å². The Labute approximate surface area is 190 Å². The number of nitriles is 1. The Morgan fingerprint density at radius 3 is 2.81 bits per heavy atom. The second-order valence-electron chi connectivity index (χ2n) is 7.33. The zero-order chi connectivity index (χ0) is 22.7. The number of furan rings is 1. The Morgan fingerprint density at radius 1 is 1.28 bits per heavy atom. The lowest BCUT2D eigenvalue weighted by atomic mass is 10.2. The van der Waals surface area contributed by atoms with Crippen molar-refractivity contribution >= 4 is 34.5 Å². The van der Waals surface area contributed by atoms with Crippen molar-refractivity contribution < 1.29 is 9.21 Å². The molecule has 0 aliphatic carbocycles. The molecule has 3 heterocycles. The van der Waals surface area contributed by atoms with Crippen molar-refractivity contribution in [2.45, 2.75) is 32.1 Å². The maximum absolute atomic E-state index is 12.9. The maximum Gasteiger partial charge on any atom is 0.235 e. The van der Waals surface area contributed by atoms with Crippen molar-refractivity contribution in [1.82, 2.24) is 14.1 Å². The van der Waals surface area contributed by atoms with E-state index in [9.17, 15) is 10.1 Å². The zero-order valence-corrected chi connectivity index (χ0v) is 18.8. The van der Waals surface area contributed by atoms with Gasteiger partial charge in [0.1, 0.15) is 17.6 Å². The highest BCUT2D eigenvalue weighted by molar-refractivity contribution is 7.99. The third-order valence-corrected chi connectivity index (χ3v) is 6.33. The summed E-state index contributed by atoms with van der Waals surface area (Å²) in [6, 6.07) is 13.8. The van der Waals surface area contributed by atoms with Crippen LogP contribution in [0.1, 0.15) is 22.6 Å². The van der Waals surface area contributed by atoms with E-state index in [-0.39, 0.29) is 11.7 Å². The molecule has 0 radical (unpaired) electrons. The van der Waals surface area contributed by atoms with Crippen LogP contribution in [0, 0.1) is 25.2 Å². The Kier molecular flexibility index (Phi) is 6.19. The highest BCUT2D eigenvalue weighted by Gasteiger charge is 2.21. The molecule has 4 aromatic rings. The molecule has 0 aliphatic rings. The highest BCUT2D eigenvalue weighted by Crippen LogP contribution is 2.29. The monoisotopic (exact) mass is 445 g/mol. The number of rotatable bonds is 8. The van der Waals surface area contributed by atoms with Crippen molar-refractivity contribution in [1.29, 1.82) is 5.26 Å². The number of carbonyl (C=O) groups excluding carboxylic acids is 1. The zero-order valence-electron chi connectivity index (χ0n) is 18.0. The van der Waals surface area contributed by atoms with Crippen LogP contribution in [0.2, 0.25) is 0 Å². The maximum atomic E-state index is 12.9. The second kappa shape index (κ2) is 9.20. The molecule has 1 amide bonds. The van der Waals surface area contributed by atoms with Gasteiger partial charge >= 0.3 is 0 Å². The first-order chi connectivity index (χ1) is 15.5. The van der Waals surface area contributed by atoms with Crippen LogP contribution in [0.3, 0.4) is 0 Å². The van der Waals surface area contributed by atoms with Gasteiger partial charge in [-0.05, 0) is 43.7 Å². The van der Waals surface area contributed by atoms with Gasteiger partial charge < -0.3 is 18.9 Å². The van der Waals surface area contributed by atoms with Gasteiger partial charge in [-0.3, -0.25) is 4.79 Å². The molecule has 0 atom stereocenters. The number of para-hydroxylation sites is 2. The van der Waals surface area contributed by atoms with Gasteiger partial charge in [0.25, 0.3) is 0 Å². The van der Waals surface area contributed by atoms with Gasteiger partial charge in [-0.25, -0.2) is 4.98 Å². The molecule has 0 saturated carbocycles. The van der Waals surface area contributed by atoms with Crippen LogP contribution in [-0.4, -0.2) is 25.8 Å². The molecule has 162 valence electrons. The number of allylic oxidation sites excluding steroid dienone is 1. The third kappa shape index (κ3) is 4.07. The summed E-state index contributed by atoms with van der Waals surface area (Å²) in [5.41, 5.74) is 4.10.